The molecule has 1 N–H and O–H groups in total. The number of nitrogens with one attached hydrogen (secondary N) is 1. The fourth-order valence-corrected chi connectivity index (χ4v) is 2.71. The molecule has 1 aromatic carbocycles. The molecule has 0 aromatic heterocycles. The van der Waals surface area contributed by atoms with Gasteiger partial charge < -0.3 is 4.90 Å². The van der Waals surface area contributed by atoms with Gasteiger partial charge in [-0.3, -0.25) is 14.3 Å². The summed E-state index contributed by atoms with van der Waals surface area (Å²) >= 11 is 0. The molecule has 1 aliphatic heterocycles. The second-order valence-electron chi connectivity index (χ2n) is 4.74. The van der Waals surface area contributed by atoms with Crippen LogP contribution in [0.5, 0.6) is 0 Å². The fraction of sp³-hybridized carbons (Fsp3) is 0.500. The van der Waals surface area contributed by atoms with Gasteiger partial charge in [0.1, 0.15) is 6.17 Å². The van der Waals surface area contributed by atoms with Crippen LogP contribution in [0.25, 0.3) is 0 Å². The molecule has 19 heavy (non-hydrogen) atoms. The standard InChI is InChI=1S/C14H20N2O2S/c1-3-11-4-6-12(7-5-11)14-15-10-13(17)16(14)8-9-19(2)18/h4-7,14-15H,3,8-10H2,1-2H3. The Labute approximate surface area is 116 Å². The summed E-state index contributed by atoms with van der Waals surface area (Å²) in [6, 6.07) is 8.31. The summed E-state index contributed by atoms with van der Waals surface area (Å²) in [5.74, 6) is 0.603. The van der Waals surface area contributed by atoms with Gasteiger partial charge in [-0.2, -0.15) is 0 Å². The van der Waals surface area contributed by atoms with E-state index in [2.05, 4.69) is 36.5 Å². The molecular weight excluding hydrogens is 260 g/mol. The van der Waals surface area contributed by atoms with E-state index in [1.807, 2.05) is 0 Å². The van der Waals surface area contributed by atoms with Gasteiger partial charge in [-0.05, 0) is 17.5 Å². The predicted octanol–water partition coefficient (Wildman–Crippen LogP) is 1.06. The van der Waals surface area contributed by atoms with Crippen LogP contribution in [0.15, 0.2) is 24.3 Å². The smallest absolute Gasteiger partial charge is 0.238 e. The van der Waals surface area contributed by atoms with E-state index in [1.54, 1.807) is 11.2 Å². The van der Waals surface area contributed by atoms with Gasteiger partial charge in [0.2, 0.25) is 5.91 Å². The van der Waals surface area contributed by atoms with Crippen LogP contribution < -0.4 is 5.32 Å². The number of nitrogens with zero attached hydrogens (tertiary/aromatic N) is 1. The van der Waals surface area contributed by atoms with E-state index in [0.29, 0.717) is 18.8 Å². The van der Waals surface area contributed by atoms with Gasteiger partial charge in [-0.25, -0.2) is 0 Å². The van der Waals surface area contributed by atoms with Crippen molar-refractivity contribution >= 4 is 16.7 Å². The first-order valence-electron chi connectivity index (χ1n) is 6.53. The van der Waals surface area contributed by atoms with Crippen molar-refractivity contribution in [2.45, 2.75) is 19.5 Å². The number of hydrogen-bond donors (Lipinski definition) is 1. The van der Waals surface area contributed by atoms with E-state index in [0.717, 1.165) is 12.0 Å². The van der Waals surface area contributed by atoms with Gasteiger partial charge >= 0.3 is 0 Å². The van der Waals surface area contributed by atoms with E-state index >= 15 is 0 Å². The van der Waals surface area contributed by atoms with E-state index in [9.17, 15) is 9.00 Å². The van der Waals surface area contributed by atoms with Crippen LogP contribution in [-0.4, -0.2) is 40.1 Å². The molecule has 2 unspecified atom stereocenters. The molecule has 2 rings (SSSR count). The Bertz CT molecular complexity index is 473. The lowest BCUT2D eigenvalue weighted by molar-refractivity contribution is -0.127. The van der Waals surface area contributed by atoms with Crippen LogP contribution in [0, 0.1) is 0 Å². The Morgan fingerprint density at radius 2 is 2.05 bits per heavy atom. The minimum absolute atomic E-state index is 0.0787. The number of hydrogen-bond acceptors (Lipinski definition) is 3. The Morgan fingerprint density at radius 3 is 2.63 bits per heavy atom. The zero-order valence-electron chi connectivity index (χ0n) is 11.4. The molecule has 2 atom stereocenters. The van der Waals surface area contributed by atoms with E-state index in [-0.39, 0.29) is 12.1 Å². The number of rotatable bonds is 5. The molecule has 0 radical (unpaired) electrons. The van der Waals surface area contributed by atoms with Crippen LogP contribution in [0.1, 0.15) is 24.2 Å². The molecule has 0 aliphatic carbocycles. The normalized spacial score (nSPS) is 20.8. The summed E-state index contributed by atoms with van der Waals surface area (Å²) in [4.78, 5) is 13.6. The highest BCUT2D eigenvalue weighted by molar-refractivity contribution is 7.84. The zero-order chi connectivity index (χ0) is 13.8. The van der Waals surface area contributed by atoms with Crippen molar-refractivity contribution in [3.63, 3.8) is 0 Å². The van der Waals surface area contributed by atoms with Gasteiger partial charge in [0, 0.05) is 29.4 Å². The fourth-order valence-electron chi connectivity index (χ4n) is 2.25. The highest BCUT2D eigenvalue weighted by Crippen LogP contribution is 2.22. The second kappa shape index (κ2) is 6.30. The zero-order valence-corrected chi connectivity index (χ0v) is 12.2. The van der Waals surface area contributed by atoms with Crippen LogP contribution in [0.2, 0.25) is 0 Å². The molecule has 1 heterocycles. The molecule has 5 heteroatoms. The van der Waals surface area contributed by atoms with Crippen molar-refractivity contribution < 1.29 is 9.00 Å². The molecule has 0 saturated carbocycles. The number of carbonyl (C=O) groups excluding carboxylic acids is 1. The summed E-state index contributed by atoms with van der Waals surface area (Å²) in [7, 11) is -0.875. The Hall–Kier alpha value is -1.20. The van der Waals surface area contributed by atoms with Crippen molar-refractivity contribution in [1.29, 1.82) is 0 Å². The van der Waals surface area contributed by atoms with Gasteiger partial charge in [0.25, 0.3) is 0 Å². The summed E-state index contributed by atoms with van der Waals surface area (Å²) in [6.07, 6.45) is 2.59. The first kappa shape index (κ1) is 14.2. The van der Waals surface area contributed by atoms with Crippen molar-refractivity contribution in [1.82, 2.24) is 10.2 Å². The minimum atomic E-state index is -0.875. The summed E-state index contributed by atoms with van der Waals surface area (Å²) in [5, 5.41) is 3.21. The highest BCUT2D eigenvalue weighted by atomic mass is 32.2. The van der Waals surface area contributed by atoms with Crippen LogP contribution >= 0.6 is 0 Å². The first-order chi connectivity index (χ1) is 9.11. The van der Waals surface area contributed by atoms with Crippen molar-refractivity contribution in [3.05, 3.63) is 35.4 Å². The molecule has 1 fully saturated rings. The average Bonchev–Trinajstić information content (AvgIpc) is 2.78. The molecular formula is C14H20N2O2S. The number of benzene rings is 1. The van der Waals surface area contributed by atoms with Crippen LogP contribution in [-0.2, 0) is 22.0 Å². The maximum absolute atomic E-state index is 11.9. The SMILES string of the molecule is CCc1ccc(C2NCC(=O)N2CCS(C)=O)cc1. The predicted molar refractivity (Wildman–Crippen MR) is 77.2 cm³/mol. The lowest BCUT2D eigenvalue weighted by Gasteiger charge is -2.24. The molecule has 4 nitrogen and oxygen atoms in total. The molecule has 1 aromatic rings. The maximum Gasteiger partial charge on any atom is 0.238 e. The third-order valence-electron chi connectivity index (χ3n) is 3.40. The molecule has 104 valence electrons. The lowest BCUT2D eigenvalue weighted by Crippen LogP contribution is -2.33. The Morgan fingerprint density at radius 1 is 1.37 bits per heavy atom. The quantitative estimate of drug-likeness (QED) is 0.877. The number of aryl methyl sites for hydroxylation is 1. The van der Waals surface area contributed by atoms with Crippen LogP contribution in [0.4, 0.5) is 0 Å². The van der Waals surface area contributed by atoms with E-state index in [4.69, 9.17) is 0 Å². The Balaban J connectivity index is 2.12. The first-order valence-corrected chi connectivity index (χ1v) is 8.26. The Kier molecular flexibility index (Phi) is 4.71. The number of amides is 1. The summed E-state index contributed by atoms with van der Waals surface area (Å²) in [5.41, 5.74) is 2.37. The molecule has 0 bridgehead atoms. The molecule has 0 spiro atoms. The van der Waals surface area contributed by atoms with Gasteiger partial charge in [-0.15, -0.1) is 0 Å². The van der Waals surface area contributed by atoms with E-state index in [1.165, 1.54) is 5.56 Å². The monoisotopic (exact) mass is 280 g/mol. The average molecular weight is 280 g/mol. The largest absolute Gasteiger partial charge is 0.321 e. The third-order valence-corrected chi connectivity index (χ3v) is 4.16. The third kappa shape index (κ3) is 3.42. The maximum atomic E-state index is 11.9. The molecule has 1 aliphatic rings. The molecule has 1 amide bonds. The van der Waals surface area contributed by atoms with Crippen molar-refractivity contribution in [3.8, 4) is 0 Å². The van der Waals surface area contributed by atoms with Crippen molar-refractivity contribution in [2.24, 2.45) is 0 Å². The van der Waals surface area contributed by atoms with Gasteiger partial charge in [0.15, 0.2) is 0 Å². The van der Waals surface area contributed by atoms with Gasteiger partial charge in [0.05, 0.1) is 6.54 Å². The van der Waals surface area contributed by atoms with Crippen LogP contribution in [0.3, 0.4) is 0 Å². The highest BCUT2D eigenvalue weighted by Gasteiger charge is 2.31. The molecule has 1 saturated heterocycles. The van der Waals surface area contributed by atoms with Gasteiger partial charge in [-0.1, -0.05) is 31.2 Å². The topological polar surface area (TPSA) is 49.4 Å². The summed E-state index contributed by atoms with van der Waals surface area (Å²) < 4.78 is 11.2. The number of carbonyl (C=O) groups is 1. The van der Waals surface area contributed by atoms with E-state index < -0.39 is 10.8 Å². The van der Waals surface area contributed by atoms with Crippen molar-refractivity contribution in [2.75, 3.05) is 25.1 Å². The summed E-state index contributed by atoms with van der Waals surface area (Å²) in [6.45, 7) is 3.01. The second-order valence-corrected chi connectivity index (χ2v) is 6.30. The minimum Gasteiger partial charge on any atom is -0.321 e. The lowest BCUT2D eigenvalue weighted by atomic mass is 10.1.